The van der Waals surface area contributed by atoms with E-state index in [4.69, 9.17) is 11.6 Å². The average molecular weight is 458 g/mol. The van der Waals surface area contributed by atoms with Crippen LogP contribution in [0.3, 0.4) is 0 Å². The summed E-state index contributed by atoms with van der Waals surface area (Å²) in [6.07, 6.45) is 1.04. The molecule has 3 rings (SSSR count). The molecule has 1 aliphatic heterocycles. The molecule has 1 atom stereocenters. The Bertz CT molecular complexity index is 1030. The Morgan fingerprint density at radius 3 is 2.24 bits per heavy atom. The van der Waals surface area contributed by atoms with Gasteiger partial charge in [0.1, 0.15) is 0 Å². The lowest BCUT2D eigenvalue weighted by Gasteiger charge is -2.21. The van der Waals surface area contributed by atoms with Crippen molar-refractivity contribution in [3.8, 4) is 0 Å². The summed E-state index contributed by atoms with van der Waals surface area (Å²) in [5.41, 5.74) is 1.47. The molecular weight excluding hydrogens is 434 g/mol. The summed E-state index contributed by atoms with van der Waals surface area (Å²) in [5.74, 6) is 0. The standard InChI is InChI=1S/C19H24ClN3O4S2/c1-28(24,25)21-18-7-9-19(10-8-18)29(26,27)23-12-11-22(14-17(20)15-23)13-16-5-3-2-4-6-16/h2-10,17,21H,11-15H2,1H3. The predicted octanol–water partition coefficient (Wildman–Crippen LogP) is 2.17. The monoisotopic (exact) mass is 457 g/mol. The first-order chi connectivity index (χ1) is 13.6. The summed E-state index contributed by atoms with van der Waals surface area (Å²) in [6, 6.07) is 15.7. The lowest BCUT2D eigenvalue weighted by Crippen LogP contribution is -2.36. The van der Waals surface area contributed by atoms with Crippen LogP contribution in [0.25, 0.3) is 0 Å². The van der Waals surface area contributed by atoms with Gasteiger partial charge in [-0.1, -0.05) is 30.3 Å². The molecule has 29 heavy (non-hydrogen) atoms. The number of sulfonamides is 2. The third-order valence-corrected chi connectivity index (χ3v) is 7.33. The average Bonchev–Trinajstić information content (AvgIpc) is 2.83. The van der Waals surface area contributed by atoms with Gasteiger partial charge in [-0.25, -0.2) is 16.8 Å². The SMILES string of the molecule is CS(=O)(=O)Nc1ccc(S(=O)(=O)N2CCN(Cc3ccccc3)CC(Cl)C2)cc1. The molecule has 0 saturated carbocycles. The van der Waals surface area contributed by atoms with Gasteiger partial charge in [-0.05, 0) is 29.8 Å². The Morgan fingerprint density at radius 2 is 1.62 bits per heavy atom. The highest BCUT2D eigenvalue weighted by atomic mass is 35.5. The minimum absolute atomic E-state index is 0.108. The molecule has 0 amide bonds. The van der Waals surface area contributed by atoms with Gasteiger partial charge < -0.3 is 0 Å². The fourth-order valence-corrected chi connectivity index (χ4v) is 5.74. The Morgan fingerprint density at radius 1 is 0.966 bits per heavy atom. The molecule has 158 valence electrons. The first-order valence-corrected chi connectivity index (χ1v) is 12.9. The molecule has 1 unspecified atom stereocenters. The number of nitrogens with one attached hydrogen (secondary N) is 1. The minimum atomic E-state index is -3.73. The Hall–Kier alpha value is -1.65. The molecule has 0 aromatic heterocycles. The maximum Gasteiger partial charge on any atom is 0.243 e. The van der Waals surface area contributed by atoms with Crippen LogP contribution in [-0.4, -0.2) is 63.9 Å². The van der Waals surface area contributed by atoms with Crippen LogP contribution in [0, 0.1) is 0 Å². The number of benzene rings is 2. The van der Waals surface area contributed by atoms with Crippen LogP contribution >= 0.6 is 11.6 Å². The quantitative estimate of drug-likeness (QED) is 0.672. The molecule has 1 fully saturated rings. The molecule has 1 aliphatic rings. The Balaban J connectivity index is 1.72. The van der Waals surface area contributed by atoms with E-state index in [1.54, 1.807) is 0 Å². The van der Waals surface area contributed by atoms with E-state index in [-0.39, 0.29) is 16.8 Å². The van der Waals surface area contributed by atoms with Crippen LogP contribution in [0.5, 0.6) is 0 Å². The number of alkyl halides is 1. The second kappa shape index (κ2) is 9.01. The van der Waals surface area contributed by atoms with Crippen LogP contribution in [0.4, 0.5) is 5.69 Å². The van der Waals surface area contributed by atoms with Gasteiger partial charge in [0.05, 0.1) is 16.5 Å². The lowest BCUT2D eigenvalue weighted by atomic mass is 10.2. The number of hydrogen-bond donors (Lipinski definition) is 1. The van der Waals surface area contributed by atoms with Gasteiger partial charge in [-0.15, -0.1) is 11.6 Å². The topological polar surface area (TPSA) is 86.8 Å². The van der Waals surface area contributed by atoms with E-state index in [2.05, 4.69) is 9.62 Å². The summed E-state index contributed by atoms with van der Waals surface area (Å²) in [6.45, 7) is 2.44. The van der Waals surface area contributed by atoms with Gasteiger partial charge >= 0.3 is 0 Å². The summed E-state index contributed by atoms with van der Waals surface area (Å²) in [4.78, 5) is 2.26. The van der Waals surface area contributed by atoms with Crippen molar-refractivity contribution in [2.45, 2.75) is 16.8 Å². The number of nitrogens with zero attached hydrogens (tertiary/aromatic N) is 2. The Kier molecular flexibility index (Phi) is 6.85. The van der Waals surface area contributed by atoms with E-state index in [1.165, 1.54) is 28.6 Å². The fourth-order valence-electron chi connectivity index (χ4n) is 3.26. The van der Waals surface area contributed by atoms with Crippen molar-refractivity contribution in [2.24, 2.45) is 0 Å². The highest BCUT2D eigenvalue weighted by molar-refractivity contribution is 7.92. The van der Waals surface area contributed by atoms with Crippen molar-refractivity contribution in [1.82, 2.24) is 9.21 Å². The van der Waals surface area contributed by atoms with Crippen LogP contribution in [0.15, 0.2) is 59.5 Å². The van der Waals surface area contributed by atoms with E-state index in [0.717, 1.165) is 11.8 Å². The van der Waals surface area contributed by atoms with Crippen LogP contribution in [0.2, 0.25) is 0 Å². The normalized spacial score (nSPS) is 19.6. The number of anilines is 1. The molecule has 0 radical (unpaired) electrons. The van der Waals surface area contributed by atoms with Gasteiger partial charge in [0, 0.05) is 38.4 Å². The summed E-state index contributed by atoms with van der Waals surface area (Å²) in [7, 11) is -7.15. The lowest BCUT2D eigenvalue weighted by molar-refractivity contribution is 0.280. The smallest absolute Gasteiger partial charge is 0.243 e. The molecule has 2 aromatic carbocycles. The molecule has 0 spiro atoms. The van der Waals surface area contributed by atoms with Crippen LogP contribution in [0.1, 0.15) is 5.56 Å². The third kappa shape index (κ3) is 6.16. The summed E-state index contributed by atoms with van der Waals surface area (Å²) >= 11 is 6.44. The predicted molar refractivity (Wildman–Crippen MR) is 115 cm³/mol. The molecule has 2 aromatic rings. The van der Waals surface area contributed by atoms with Gasteiger partial charge in [0.25, 0.3) is 0 Å². The zero-order valence-corrected chi connectivity index (χ0v) is 18.4. The fraction of sp³-hybridized carbons (Fsp3) is 0.368. The highest BCUT2D eigenvalue weighted by Gasteiger charge is 2.30. The maximum atomic E-state index is 13.1. The maximum absolute atomic E-state index is 13.1. The largest absolute Gasteiger partial charge is 0.296 e. The molecule has 10 heteroatoms. The minimum Gasteiger partial charge on any atom is -0.296 e. The Labute approximate surface area is 177 Å². The van der Waals surface area contributed by atoms with E-state index in [1.807, 2.05) is 30.3 Å². The zero-order valence-electron chi connectivity index (χ0n) is 16.0. The van der Waals surface area contributed by atoms with Crippen molar-refractivity contribution in [3.63, 3.8) is 0 Å². The molecule has 1 heterocycles. The van der Waals surface area contributed by atoms with E-state index >= 15 is 0 Å². The molecule has 1 N–H and O–H groups in total. The van der Waals surface area contributed by atoms with Gasteiger partial charge in [0.15, 0.2) is 0 Å². The van der Waals surface area contributed by atoms with Crippen LogP contribution < -0.4 is 4.72 Å². The molecular formula is C19H24ClN3O4S2. The second-order valence-electron chi connectivity index (χ2n) is 7.08. The van der Waals surface area contributed by atoms with Crippen LogP contribution in [-0.2, 0) is 26.6 Å². The molecule has 1 saturated heterocycles. The first-order valence-electron chi connectivity index (χ1n) is 9.12. The number of rotatable bonds is 6. The van der Waals surface area contributed by atoms with E-state index < -0.39 is 20.0 Å². The van der Waals surface area contributed by atoms with Crippen molar-refractivity contribution < 1.29 is 16.8 Å². The summed E-state index contributed by atoms with van der Waals surface area (Å²) in [5, 5.41) is -0.331. The van der Waals surface area contributed by atoms with Gasteiger partial charge in [-0.2, -0.15) is 4.31 Å². The number of halogens is 1. The summed E-state index contributed by atoms with van der Waals surface area (Å²) < 4.78 is 52.5. The molecule has 7 nitrogen and oxygen atoms in total. The van der Waals surface area contributed by atoms with Crippen molar-refractivity contribution >= 4 is 37.3 Å². The molecule has 0 aliphatic carbocycles. The van der Waals surface area contributed by atoms with E-state index in [0.29, 0.717) is 31.9 Å². The molecule has 0 bridgehead atoms. The van der Waals surface area contributed by atoms with Crippen molar-refractivity contribution in [2.75, 3.05) is 37.2 Å². The third-order valence-electron chi connectivity index (χ3n) is 4.57. The number of hydrogen-bond acceptors (Lipinski definition) is 5. The zero-order chi connectivity index (χ0) is 21.1. The highest BCUT2D eigenvalue weighted by Crippen LogP contribution is 2.22. The van der Waals surface area contributed by atoms with Gasteiger partial charge in [-0.3, -0.25) is 9.62 Å². The van der Waals surface area contributed by atoms with Crippen molar-refractivity contribution in [3.05, 3.63) is 60.2 Å². The van der Waals surface area contributed by atoms with Crippen molar-refractivity contribution in [1.29, 1.82) is 0 Å². The van der Waals surface area contributed by atoms with Gasteiger partial charge in [0.2, 0.25) is 20.0 Å². The first kappa shape index (κ1) is 22.0. The van der Waals surface area contributed by atoms with E-state index in [9.17, 15) is 16.8 Å². The second-order valence-corrected chi connectivity index (χ2v) is 11.4.